The van der Waals surface area contributed by atoms with Gasteiger partial charge in [-0.25, -0.2) is 4.98 Å². The summed E-state index contributed by atoms with van der Waals surface area (Å²) < 4.78 is 12.8. The molecule has 0 saturated heterocycles. The number of aliphatic hydroxyl groups excluding tert-OH is 1. The predicted molar refractivity (Wildman–Crippen MR) is 59.4 cm³/mol. The van der Waals surface area contributed by atoms with E-state index in [0.717, 1.165) is 31.2 Å². The van der Waals surface area contributed by atoms with Gasteiger partial charge < -0.3 is 10.8 Å². The van der Waals surface area contributed by atoms with Crippen molar-refractivity contribution in [1.82, 2.24) is 4.98 Å². The van der Waals surface area contributed by atoms with Crippen molar-refractivity contribution in [3.8, 4) is 0 Å². The van der Waals surface area contributed by atoms with Gasteiger partial charge in [-0.15, -0.1) is 0 Å². The van der Waals surface area contributed by atoms with Crippen LogP contribution in [0.15, 0.2) is 18.3 Å². The number of aliphatic hydroxyl groups is 1. The molecule has 16 heavy (non-hydrogen) atoms. The Morgan fingerprint density at radius 3 is 2.62 bits per heavy atom. The lowest BCUT2D eigenvalue weighted by molar-refractivity contribution is 0.0973. The molecular formula is C12H17FN2O. The highest BCUT2D eigenvalue weighted by atomic mass is 19.1. The van der Waals surface area contributed by atoms with Crippen LogP contribution in [-0.2, 0) is 5.41 Å². The molecule has 1 aliphatic rings. The molecule has 0 radical (unpaired) electrons. The van der Waals surface area contributed by atoms with E-state index in [-0.39, 0.29) is 11.5 Å². The molecule has 0 aromatic carbocycles. The van der Waals surface area contributed by atoms with Gasteiger partial charge in [0.05, 0.1) is 6.10 Å². The minimum Gasteiger partial charge on any atom is -0.393 e. The van der Waals surface area contributed by atoms with Crippen LogP contribution in [0.1, 0.15) is 31.2 Å². The molecule has 88 valence electrons. The van der Waals surface area contributed by atoms with Crippen LogP contribution in [0.25, 0.3) is 0 Å². The molecule has 1 saturated carbocycles. The SMILES string of the molecule is NCC1(c2ccc(F)nc2)CCC(O)CC1. The Kier molecular flexibility index (Phi) is 3.21. The van der Waals surface area contributed by atoms with Gasteiger partial charge >= 0.3 is 0 Å². The van der Waals surface area contributed by atoms with Gasteiger partial charge in [0.2, 0.25) is 5.95 Å². The quantitative estimate of drug-likeness (QED) is 0.745. The molecule has 0 bridgehead atoms. The minimum atomic E-state index is -0.466. The van der Waals surface area contributed by atoms with Crippen LogP contribution < -0.4 is 5.73 Å². The molecule has 1 heterocycles. The normalized spacial score (nSPS) is 30.3. The third-order valence-corrected chi connectivity index (χ3v) is 3.64. The zero-order chi connectivity index (χ0) is 11.6. The lowest BCUT2D eigenvalue weighted by Gasteiger charge is -2.38. The van der Waals surface area contributed by atoms with Crippen molar-refractivity contribution in [2.45, 2.75) is 37.2 Å². The first-order valence-electron chi connectivity index (χ1n) is 5.66. The molecule has 1 aromatic heterocycles. The van der Waals surface area contributed by atoms with E-state index in [9.17, 15) is 9.50 Å². The average Bonchev–Trinajstić information content (AvgIpc) is 2.32. The van der Waals surface area contributed by atoms with Crippen LogP contribution in [-0.4, -0.2) is 22.7 Å². The standard InChI is InChI=1S/C12H17FN2O/c13-11-2-1-9(7-15-11)12(8-14)5-3-10(16)4-6-12/h1-2,7,10,16H,3-6,8,14H2. The molecule has 0 unspecified atom stereocenters. The van der Waals surface area contributed by atoms with Crippen LogP contribution in [0.2, 0.25) is 0 Å². The molecule has 2 rings (SSSR count). The summed E-state index contributed by atoms with van der Waals surface area (Å²) in [6.45, 7) is 0.521. The fourth-order valence-electron chi connectivity index (χ4n) is 2.46. The summed E-state index contributed by atoms with van der Waals surface area (Å²) in [7, 11) is 0. The van der Waals surface area contributed by atoms with E-state index in [4.69, 9.17) is 5.73 Å². The van der Waals surface area contributed by atoms with Gasteiger partial charge in [0.1, 0.15) is 0 Å². The van der Waals surface area contributed by atoms with Gasteiger partial charge in [-0.2, -0.15) is 4.39 Å². The molecule has 3 nitrogen and oxygen atoms in total. The Hall–Kier alpha value is -1.00. The summed E-state index contributed by atoms with van der Waals surface area (Å²) in [5, 5.41) is 9.51. The smallest absolute Gasteiger partial charge is 0.212 e. The van der Waals surface area contributed by atoms with Gasteiger partial charge in [0.25, 0.3) is 0 Å². The topological polar surface area (TPSA) is 59.1 Å². The summed E-state index contributed by atoms with van der Waals surface area (Å²) in [4.78, 5) is 3.68. The summed E-state index contributed by atoms with van der Waals surface area (Å²) in [6.07, 6.45) is 4.56. The highest BCUT2D eigenvalue weighted by Gasteiger charge is 2.35. The fraction of sp³-hybridized carbons (Fsp3) is 0.583. The first-order chi connectivity index (χ1) is 7.66. The number of hydrogen-bond acceptors (Lipinski definition) is 3. The highest BCUT2D eigenvalue weighted by molar-refractivity contribution is 5.23. The minimum absolute atomic E-state index is 0.125. The van der Waals surface area contributed by atoms with E-state index in [1.54, 1.807) is 12.3 Å². The second-order valence-electron chi connectivity index (χ2n) is 4.59. The van der Waals surface area contributed by atoms with Gasteiger partial charge in [0.15, 0.2) is 0 Å². The lowest BCUT2D eigenvalue weighted by Crippen LogP contribution is -2.40. The van der Waals surface area contributed by atoms with E-state index in [1.165, 1.54) is 6.07 Å². The Balaban J connectivity index is 2.24. The first-order valence-corrected chi connectivity index (χ1v) is 5.66. The molecule has 1 fully saturated rings. The number of aromatic nitrogens is 1. The second-order valence-corrected chi connectivity index (χ2v) is 4.59. The number of hydrogen-bond donors (Lipinski definition) is 2. The van der Waals surface area contributed by atoms with Crippen LogP contribution in [0.5, 0.6) is 0 Å². The lowest BCUT2D eigenvalue weighted by atomic mass is 9.69. The van der Waals surface area contributed by atoms with Crippen molar-refractivity contribution in [2.24, 2.45) is 5.73 Å². The van der Waals surface area contributed by atoms with E-state index in [1.807, 2.05) is 0 Å². The average molecular weight is 224 g/mol. The largest absolute Gasteiger partial charge is 0.393 e. The monoisotopic (exact) mass is 224 g/mol. The number of rotatable bonds is 2. The molecule has 1 aliphatic carbocycles. The molecular weight excluding hydrogens is 207 g/mol. The van der Waals surface area contributed by atoms with Crippen LogP contribution in [0.4, 0.5) is 4.39 Å². The van der Waals surface area contributed by atoms with E-state index < -0.39 is 5.95 Å². The van der Waals surface area contributed by atoms with Crippen molar-refractivity contribution in [3.05, 3.63) is 29.8 Å². The first kappa shape index (κ1) is 11.5. The molecule has 0 spiro atoms. The van der Waals surface area contributed by atoms with Gasteiger partial charge in [-0.1, -0.05) is 6.07 Å². The van der Waals surface area contributed by atoms with Gasteiger partial charge in [-0.05, 0) is 37.3 Å². The van der Waals surface area contributed by atoms with Gasteiger partial charge in [-0.3, -0.25) is 0 Å². The predicted octanol–water partition coefficient (Wildman–Crippen LogP) is 1.35. The van der Waals surface area contributed by atoms with Crippen molar-refractivity contribution < 1.29 is 9.50 Å². The summed E-state index contributed by atoms with van der Waals surface area (Å²) in [6, 6.07) is 3.13. The third kappa shape index (κ3) is 2.08. The maximum atomic E-state index is 12.8. The van der Waals surface area contributed by atoms with Crippen LogP contribution >= 0.6 is 0 Å². The van der Waals surface area contributed by atoms with Crippen molar-refractivity contribution in [3.63, 3.8) is 0 Å². The van der Waals surface area contributed by atoms with Crippen molar-refractivity contribution in [2.75, 3.05) is 6.54 Å². The Morgan fingerprint density at radius 2 is 2.12 bits per heavy atom. The van der Waals surface area contributed by atoms with Crippen molar-refractivity contribution >= 4 is 0 Å². The fourth-order valence-corrected chi connectivity index (χ4v) is 2.46. The molecule has 3 N–H and O–H groups in total. The van der Waals surface area contributed by atoms with E-state index in [2.05, 4.69) is 4.98 Å². The number of nitrogens with two attached hydrogens (primary N) is 1. The molecule has 1 aromatic rings. The molecule has 4 heteroatoms. The highest BCUT2D eigenvalue weighted by Crippen LogP contribution is 2.38. The van der Waals surface area contributed by atoms with Crippen LogP contribution in [0, 0.1) is 5.95 Å². The number of halogens is 1. The van der Waals surface area contributed by atoms with Gasteiger partial charge in [0, 0.05) is 18.2 Å². The Labute approximate surface area is 94.5 Å². The second kappa shape index (κ2) is 4.47. The molecule has 0 amide bonds. The zero-order valence-electron chi connectivity index (χ0n) is 9.19. The number of nitrogens with zero attached hydrogens (tertiary/aromatic N) is 1. The van der Waals surface area contributed by atoms with E-state index >= 15 is 0 Å². The zero-order valence-corrected chi connectivity index (χ0v) is 9.19. The van der Waals surface area contributed by atoms with Crippen molar-refractivity contribution in [1.29, 1.82) is 0 Å². The summed E-state index contributed by atoms with van der Waals surface area (Å²) in [5.74, 6) is -0.466. The third-order valence-electron chi connectivity index (χ3n) is 3.64. The maximum Gasteiger partial charge on any atom is 0.212 e. The molecule has 0 atom stereocenters. The Morgan fingerprint density at radius 1 is 1.44 bits per heavy atom. The summed E-state index contributed by atoms with van der Waals surface area (Å²) in [5.41, 5.74) is 6.71. The molecule has 0 aliphatic heterocycles. The summed E-state index contributed by atoms with van der Waals surface area (Å²) >= 11 is 0. The number of pyridine rings is 1. The van der Waals surface area contributed by atoms with E-state index in [0.29, 0.717) is 6.54 Å². The van der Waals surface area contributed by atoms with Crippen LogP contribution in [0.3, 0.4) is 0 Å². The maximum absolute atomic E-state index is 12.8. The Bertz CT molecular complexity index is 345.